The molecule has 3 heteroatoms. The summed E-state index contributed by atoms with van der Waals surface area (Å²) in [6, 6.07) is 0.405. The van der Waals surface area contributed by atoms with Crippen molar-refractivity contribution in [2.24, 2.45) is 28.5 Å². The first kappa shape index (κ1) is 15.9. The SMILES string of the molecule is CCCCCC[C@@H]1C2=C3[C@@H](CC[C@@H]3N=C(N)N2)C[C@H]1CCC. The fourth-order valence-electron chi connectivity index (χ4n) is 5.06. The summed E-state index contributed by atoms with van der Waals surface area (Å²) in [5.41, 5.74) is 9.23. The van der Waals surface area contributed by atoms with Crippen molar-refractivity contribution in [3.8, 4) is 0 Å². The van der Waals surface area contributed by atoms with Crippen molar-refractivity contribution >= 4 is 5.96 Å². The van der Waals surface area contributed by atoms with Crippen LogP contribution in [0.5, 0.6) is 0 Å². The first-order valence-electron chi connectivity index (χ1n) is 9.58. The fourth-order valence-corrected chi connectivity index (χ4v) is 5.06. The van der Waals surface area contributed by atoms with Gasteiger partial charge in [0.05, 0.1) is 6.04 Å². The van der Waals surface area contributed by atoms with E-state index in [1.165, 1.54) is 69.9 Å². The molecule has 0 unspecified atom stereocenters. The molecule has 0 aromatic carbocycles. The number of aliphatic imine (C=N–C) groups is 1. The average molecular weight is 303 g/mol. The van der Waals surface area contributed by atoms with Gasteiger partial charge < -0.3 is 11.1 Å². The first-order chi connectivity index (χ1) is 10.7. The maximum Gasteiger partial charge on any atom is 0.193 e. The third-order valence-electron chi connectivity index (χ3n) is 6.01. The molecular formula is C19H33N3. The Morgan fingerprint density at radius 2 is 1.95 bits per heavy atom. The van der Waals surface area contributed by atoms with Crippen LogP contribution in [0.4, 0.5) is 0 Å². The maximum absolute atomic E-state index is 6.09. The van der Waals surface area contributed by atoms with Gasteiger partial charge >= 0.3 is 0 Å². The van der Waals surface area contributed by atoms with Gasteiger partial charge in [-0.1, -0.05) is 52.4 Å². The molecule has 0 saturated heterocycles. The van der Waals surface area contributed by atoms with Crippen molar-refractivity contribution in [1.82, 2.24) is 5.32 Å². The van der Waals surface area contributed by atoms with E-state index in [0.29, 0.717) is 17.9 Å². The van der Waals surface area contributed by atoms with E-state index in [1.807, 2.05) is 0 Å². The number of nitrogens with zero attached hydrogens (tertiary/aromatic N) is 1. The lowest BCUT2D eigenvalue weighted by Crippen LogP contribution is -2.44. The molecule has 22 heavy (non-hydrogen) atoms. The van der Waals surface area contributed by atoms with Crippen molar-refractivity contribution in [2.45, 2.75) is 84.1 Å². The normalized spacial score (nSPS) is 33.5. The van der Waals surface area contributed by atoms with Gasteiger partial charge in [0, 0.05) is 11.6 Å². The number of hydrogen-bond acceptors (Lipinski definition) is 3. The second-order valence-electron chi connectivity index (χ2n) is 7.54. The molecule has 0 amide bonds. The number of nitrogens with two attached hydrogens (primary N) is 1. The Labute approximate surface area is 135 Å². The summed E-state index contributed by atoms with van der Waals surface area (Å²) in [5.74, 6) is 3.01. The van der Waals surface area contributed by atoms with E-state index in [1.54, 1.807) is 5.57 Å². The van der Waals surface area contributed by atoms with Gasteiger partial charge in [0.1, 0.15) is 0 Å². The summed E-state index contributed by atoms with van der Waals surface area (Å²) in [7, 11) is 0. The first-order valence-corrected chi connectivity index (χ1v) is 9.58. The van der Waals surface area contributed by atoms with E-state index >= 15 is 0 Å². The van der Waals surface area contributed by atoms with Gasteiger partial charge in [-0.2, -0.15) is 0 Å². The minimum absolute atomic E-state index is 0.405. The minimum atomic E-state index is 0.405. The third kappa shape index (κ3) is 3.04. The van der Waals surface area contributed by atoms with Gasteiger partial charge in [0.15, 0.2) is 5.96 Å². The molecule has 2 aliphatic carbocycles. The van der Waals surface area contributed by atoms with Crippen molar-refractivity contribution in [3.63, 3.8) is 0 Å². The quantitative estimate of drug-likeness (QED) is 0.687. The minimum Gasteiger partial charge on any atom is -0.370 e. The average Bonchev–Trinajstić information content (AvgIpc) is 2.89. The van der Waals surface area contributed by atoms with Crippen molar-refractivity contribution in [2.75, 3.05) is 0 Å². The summed E-state index contributed by atoms with van der Waals surface area (Å²) in [5, 5.41) is 3.51. The van der Waals surface area contributed by atoms with E-state index < -0.39 is 0 Å². The summed E-state index contributed by atoms with van der Waals surface area (Å²) in [6.07, 6.45) is 13.4. The second-order valence-corrected chi connectivity index (χ2v) is 7.54. The fraction of sp³-hybridized carbons (Fsp3) is 0.842. The zero-order valence-electron chi connectivity index (χ0n) is 14.4. The predicted octanol–water partition coefficient (Wildman–Crippen LogP) is 4.34. The molecule has 3 aliphatic rings. The van der Waals surface area contributed by atoms with Crippen LogP contribution in [0.2, 0.25) is 0 Å². The van der Waals surface area contributed by atoms with Crippen LogP contribution >= 0.6 is 0 Å². The molecule has 0 aromatic heterocycles. The van der Waals surface area contributed by atoms with Gasteiger partial charge in [-0.15, -0.1) is 0 Å². The number of guanidine groups is 1. The topological polar surface area (TPSA) is 50.4 Å². The highest BCUT2D eigenvalue weighted by molar-refractivity contribution is 5.82. The van der Waals surface area contributed by atoms with Crippen LogP contribution in [0.1, 0.15) is 78.1 Å². The lowest BCUT2D eigenvalue weighted by atomic mass is 9.69. The van der Waals surface area contributed by atoms with Crippen molar-refractivity contribution in [3.05, 3.63) is 11.3 Å². The van der Waals surface area contributed by atoms with Gasteiger partial charge in [0.25, 0.3) is 0 Å². The number of allylic oxidation sites excluding steroid dienone is 1. The standard InChI is InChI=1S/C19H33N3/c1-3-5-6-7-9-15-13(8-4-2)12-14-10-11-16-17(14)18(15)22-19(20)21-16/h13-16H,3-12H2,1-2H3,(H3,20,21,22)/t13-,14+,15+,16+/m1/s1. The van der Waals surface area contributed by atoms with Gasteiger partial charge in [0.2, 0.25) is 0 Å². The van der Waals surface area contributed by atoms with Crippen molar-refractivity contribution in [1.29, 1.82) is 0 Å². The smallest absolute Gasteiger partial charge is 0.193 e. The molecular weight excluding hydrogens is 270 g/mol. The Morgan fingerprint density at radius 1 is 1.09 bits per heavy atom. The maximum atomic E-state index is 6.09. The second kappa shape index (κ2) is 7.06. The van der Waals surface area contributed by atoms with Gasteiger partial charge in [-0.3, -0.25) is 0 Å². The summed E-state index contributed by atoms with van der Waals surface area (Å²) >= 11 is 0. The molecule has 0 radical (unpaired) electrons. The molecule has 3 N–H and O–H groups in total. The molecule has 1 heterocycles. The number of unbranched alkanes of at least 4 members (excludes halogenated alkanes) is 3. The molecule has 1 saturated carbocycles. The summed E-state index contributed by atoms with van der Waals surface area (Å²) < 4.78 is 0. The Bertz CT molecular complexity index is 452. The Morgan fingerprint density at radius 3 is 2.73 bits per heavy atom. The molecule has 124 valence electrons. The molecule has 1 aliphatic heterocycles. The van der Waals surface area contributed by atoms with E-state index in [0.717, 1.165) is 11.8 Å². The highest BCUT2D eigenvalue weighted by Crippen LogP contribution is 2.50. The molecule has 0 aromatic rings. The largest absolute Gasteiger partial charge is 0.370 e. The van der Waals surface area contributed by atoms with Crippen LogP contribution in [-0.2, 0) is 0 Å². The Hall–Kier alpha value is -0.990. The molecule has 1 fully saturated rings. The molecule has 0 spiro atoms. The van der Waals surface area contributed by atoms with Gasteiger partial charge in [-0.25, -0.2) is 4.99 Å². The number of nitrogens with one attached hydrogen (secondary N) is 1. The van der Waals surface area contributed by atoms with E-state index in [9.17, 15) is 0 Å². The van der Waals surface area contributed by atoms with Crippen LogP contribution in [0.3, 0.4) is 0 Å². The highest BCUT2D eigenvalue weighted by Gasteiger charge is 2.44. The number of hydrogen-bond donors (Lipinski definition) is 2. The van der Waals surface area contributed by atoms with E-state index in [-0.39, 0.29) is 0 Å². The van der Waals surface area contributed by atoms with Crippen molar-refractivity contribution < 1.29 is 0 Å². The monoisotopic (exact) mass is 303 g/mol. The van der Waals surface area contributed by atoms with Crippen LogP contribution < -0.4 is 11.1 Å². The predicted molar refractivity (Wildman–Crippen MR) is 93.6 cm³/mol. The lowest BCUT2D eigenvalue weighted by molar-refractivity contribution is 0.244. The highest BCUT2D eigenvalue weighted by atomic mass is 15.1. The van der Waals surface area contributed by atoms with Crippen LogP contribution in [-0.4, -0.2) is 12.0 Å². The van der Waals surface area contributed by atoms with E-state index in [2.05, 4.69) is 24.2 Å². The third-order valence-corrected chi connectivity index (χ3v) is 6.01. The molecule has 4 atom stereocenters. The number of rotatable bonds is 7. The van der Waals surface area contributed by atoms with Crippen LogP contribution in [0.25, 0.3) is 0 Å². The Balaban J connectivity index is 1.79. The Kier molecular flexibility index (Phi) is 5.10. The lowest BCUT2D eigenvalue weighted by Gasteiger charge is -2.40. The van der Waals surface area contributed by atoms with Gasteiger partial charge in [-0.05, 0) is 43.1 Å². The molecule has 3 nitrogen and oxygen atoms in total. The van der Waals surface area contributed by atoms with Crippen LogP contribution in [0, 0.1) is 17.8 Å². The van der Waals surface area contributed by atoms with Crippen LogP contribution in [0.15, 0.2) is 16.3 Å². The summed E-state index contributed by atoms with van der Waals surface area (Å²) in [4.78, 5) is 4.67. The molecule has 3 rings (SSSR count). The van der Waals surface area contributed by atoms with E-state index in [4.69, 9.17) is 5.73 Å². The summed E-state index contributed by atoms with van der Waals surface area (Å²) in [6.45, 7) is 4.62. The zero-order valence-corrected chi connectivity index (χ0v) is 14.4. The molecule has 0 bridgehead atoms. The zero-order chi connectivity index (χ0) is 15.5.